The number of carboxylic acid groups (broad SMARTS) is 1. The number of nitrogens with zero attached hydrogens (tertiary/aromatic N) is 1. The largest absolute Gasteiger partial charge is 0.480 e. The first-order valence-electron chi connectivity index (χ1n) is 6.13. The van der Waals surface area contributed by atoms with E-state index in [0.717, 1.165) is 34.0 Å². The summed E-state index contributed by atoms with van der Waals surface area (Å²) in [6, 6.07) is 1.46. The van der Waals surface area contributed by atoms with Crippen LogP contribution in [-0.4, -0.2) is 36.4 Å². The number of sulfonamides is 1. The molecule has 1 aromatic heterocycles. The van der Waals surface area contributed by atoms with Gasteiger partial charge < -0.3 is 5.11 Å². The van der Waals surface area contributed by atoms with Crippen LogP contribution < -0.4 is 0 Å². The molecule has 7 heteroatoms. The number of aryl methyl sites for hydroxylation is 2. The molecular formula is C12H17NO4S2. The summed E-state index contributed by atoms with van der Waals surface area (Å²) in [5.74, 6) is -1.11. The van der Waals surface area contributed by atoms with E-state index in [4.69, 9.17) is 5.11 Å². The smallest absolute Gasteiger partial charge is 0.318 e. The second-order valence-electron chi connectivity index (χ2n) is 4.83. The number of carbonyl (C=O) groups is 1. The second kappa shape index (κ2) is 5.22. The summed E-state index contributed by atoms with van der Waals surface area (Å²) in [5.41, 5.74) is 0.924. The SMILES string of the molecule is Cc1cc(S(=O)(=O)N(CC(=O)O)C2CCC2)sc1C. The lowest BCUT2D eigenvalue weighted by molar-refractivity contribution is -0.137. The summed E-state index contributed by atoms with van der Waals surface area (Å²) in [5, 5.41) is 8.92. The number of thiophene rings is 1. The molecule has 0 aromatic carbocycles. The van der Waals surface area contributed by atoms with E-state index in [9.17, 15) is 13.2 Å². The van der Waals surface area contributed by atoms with Gasteiger partial charge in [0.15, 0.2) is 0 Å². The molecule has 1 saturated carbocycles. The highest BCUT2D eigenvalue weighted by Crippen LogP contribution is 2.33. The van der Waals surface area contributed by atoms with Gasteiger partial charge in [0.2, 0.25) is 0 Å². The van der Waals surface area contributed by atoms with Crippen molar-refractivity contribution in [3.8, 4) is 0 Å². The summed E-state index contributed by atoms with van der Waals surface area (Å²) in [4.78, 5) is 11.8. The van der Waals surface area contributed by atoms with Crippen molar-refractivity contribution in [2.45, 2.75) is 43.4 Å². The summed E-state index contributed by atoms with van der Waals surface area (Å²) >= 11 is 1.21. The fourth-order valence-corrected chi connectivity index (χ4v) is 5.28. The molecule has 0 bridgehead atoms. The molecule has 0 amide bonds. The molecule has 19 heavy (non-hydrogen) atoms. The third kappa shape index (κ3) is 2.82. The molecule has 0 spiro atoms. The predicted molar refractivity (Wildman–Crippen MR) is 73.0 cm³/mol. The van der Waals surface area contributed by atoms with Crippen LogP contribution in [0.2, 0.25) is 0 Å². The minimum absolute atomic E-state index is 0.163. The van der Waals surface area contributed by atoms with Gasteiger partial charge in [0.25, 0.3) is 10.0 Å². The first kappa shape index (κ1) is 14.5. The van der Waals surface area contributed by atoms with E-state index >= 15 is 0 Å². The van der Waals surface area contributed by atoms with Gasteiger partial charge in [0, 0.05) is 10.9 Å². The summed E-state index contributed by atoms with van der Waals surface area (Å²) in [6.45, 7) is 3.27. The Kier molecular flexibility index (Phi) is 3.98. The van der Waals surface area contributed by atoms with E-state index in [1.807, 2.05) is 13.8 Å². The first-order valence-corrected chi connectivity index (χ1v) is 8.38. The van der Waals surface area contributed by atoms with Crippen molar-refractivity contribution < 1.29 is 18.3 Å². The minimum atomic E-state index is -3.69. The van der Waals surface area contributed by atoms with Gasteiger partial charge in [0.1, 0.15) is 10.8 Å². The van der Waals surface area contributed by atoms with Crippen LogP contribution in [0.1, 0.15) is 29.7 Å². The van der Waals surface area contributed by atoms with E-state index in [-0.39, 0.29) is 10.3 Å². The zero-order chi connectivity index (χ0) is 14.2. The number of rotatable bonds is 5. The molecule has 106 valence electrons. The van der Waals surface area contributed by atoms with Crippen LogP contribution in [0.25, 0.3) is 0 Å². The summed E-state index contributed by atoms with van der Waals surface area (Å²) in [6.07, 6.45) is 2.45. The van der Waals surface area contributed by atoms with Crippen LogP contribution in [-0.2, 0) is 14.8 Å². The lowest BCUT2D eigenvalue weighted by atomic mass is 9.93. The van der Waals surface area contributed by atoms with Crippen LogP contribution in [0.5, 0.6) is 0 Å². The van der Waals surface area contributed by atoms with E-state index in [1.54, 1.807) is 6.07 Å². The van der Waals surface area contributed by atoms with E-state index < -0.39 is 22.5 Å². The maximum atomic E-state index is 12.5. The number of hydrogen-bond donors (Lipinski definition) is 1. The van der Waals surface area contributed by atoms with Gasteiger partial charge in [-0.15, -0.1) is 11.3 Å². The Morgan fingerprint density at radius 2 is 2.11 bits per heavy atom. The van der Waals surface area contributed by atoms with Crippen LogP contribution in [0.4, 0.5) is 0 Å². The normalized spacial score (nSPS) is 16.6. The molecule has 1 aromatic rings. The topological polar surface area (TPSA) is 74.7 Å². The molecule has 1 fully saturated rings. The van der Waals surface area contributed by atoms with Gasteiger partial charge in [-0.2, -0.15) is 4.31 Å². The number of carboxylic acids is 1. The molecule has 1 heterocycles. The Balaban J connectivity index is 2.35. The molecule has 1 aliphatic rings. The van der Waals surface area contributed by atoms with Crippen LogP contribution in [0, 0.1) is 13.8 Å². The predicted octanol–water partition coefficient (Wildman–Crippen LogP) is 1.99. The van der Waals surface area contributed by atoms with E-state index in [1.165, 1.54) is 11.3 Å². The molecule has 1 aliphatic carbocycles. The van der Waals surface area contributed by atoms with E-state index in [0.29, 0.717) is 0 Å². The molecule has 0 atom stereocenters. The fourth-order valence-electron chi connectivity index (χ4n) is 2.00. The van der Waals surface area contributed by atoms with Crippen molar-refractivity contribution in [3.63, 3.8) is 0 Å². The standard InChI is InChI=1S/C12H17NO4S2/c1-8-6-12(18-9(8)2)19(16,17)13(7-11(14)15)10-4-3-5-10/h6,10H,3-5,7H2,1-2H3,(H,14,15). The Morgan fingerprint density at radius 1 is 1.47 bits per heavy atom. The quantitative estimate of drug-likeness (QED) is 0.902. The van der Waals surface area contributed by atoms with Crippen molar-refractivity contribution >= 4 is 27.3 Å². The molecule has 0 saturated heterocycles. The average Bonchev–Trinajstić information content (AvgIpc) is 2.56. The lowest BCUT2D eigenvalue weighted by Gasteiger charge is -2.35. The second-order valence-corrected chi connectivity index (χ2v) is 8.21. The van der Waals surface area contributed by atoms with E-state index in [2.05, 4.69) is 0 Å². The van der Waals surface area contributed by atoms with Gasteiger partial charge >= 0.3 is 5.97 Å². The molecular weight excluding hydrogens is 286 g/mol. The van der Waals surface area contributed by atoms with Gasteiger partial charge in [0.05, 0.1) is 0 Å². The number of hydrogen-bond acceptors (Lipinski definition) is 4. The monoisotopic (exact) mass is 303 g/mol. The van der Waals surface area contributed by atoms with Crippen LogP contribution in [0.3, 0.4) is 0 Å². The van der Waals surface area contributed by atoms with Crippen molar-refractivity contribution in [2.75, 3.05) is 6.54 Å². The highest BCUT2D eigenvalue weighted by molar-refractivity contribution is 7.91. The highest BCUT2D eigenvalue weighted by Gasteiger charge is 2.37. The third-order valence-corrected chi connectivity index (χ3v) is 6.98. The summed E-state index contributed by atoms with van der Waals surface area (Å²) in [7, 11) is -3.69. The lowest BCUT2D eigenvalue weighted by Crippen LogP contribution is -2.46. The van der Waals surface area contributed by atoms with Gasteiger partial charge in [-0.25, -0.2) is 8.42 Å². The number of aliphatic carboxylic acids is 1. The van der Waals surface area contributed by atoms with Crippen LogP contribution in [0.15, 0.2) is 10.3 Å². The molecule has 0 unspecified atom stereocenters. The van der Waals surface area contributed by atoms with Crippen molar-refractivity contribution in [2.24, 2.45) is 0 Å². The Bertz CT molecular complexity index is 567. The molecule has 2 rings (SSSR count). The maximum Gasteiger partial charge on any atom is 0.318 e. The first-order chi connectivity index (χ1) is 8.82. The van der Waals surface area contributed by atoms with Gasteiger partial charge in [-0.3, -0.25) is 4.79 Å². The van der Waals surface area contributed by atoms with Gasteiger partial charge in [-0.05, 0) is 38.3 Å². The molecule has 0 aliphatic heterocycles. The van der Waals surface area contributed by atoms with Crippen molar-refractivity contribution in [1.82, 2.24) is 4.31 Å². The third-order valence-electron chi connectivity index (χ3n) is 3.48. The van der Waals surface area contributed by atoms with Crippen molar-refractivity contribution in [3.05, 3.63) is 16.5 Å². The zero-order valence-electron chi connectivity index (χ0n) is 10.9. The summed E-state index contributed by atoms with van der Waals surface area (Å²) < 4.78 is 26.5. The average molecular weight is 303 g/mol. The minimum Gasteiger partial charge on any atom is -0.480 e. The molecule has 0 radical (unpaired) electrons. The van der Waals surface area contributed by atoms with Gasteiger partial charge in [-0.1, -0.05) is 6.42 Å². The Labute approximate surface area is 116 Å². The Hall–Kier alpha value is -0.920. The molecule has 5 nitrogen and oxygen atoms in total. The Morgan fingerprint density at radius 3 is 2.47 bits per heavy atom. The fraction of sp³-hybridized carbons (Fsp3) is 0.583. The van der Waals surface area contributed by atoms with Crippen molar-refractivity contribution in [1.29, 1.82) is 0 Å². The molecule has 1 N–H and O–H groups in total. The highest BCUT2D eigenvalue weighted by atomic mass is 32.2. The zero-order valence-corrected chi connectivity index (χ0v) is 12.6. The van der Waals surface area contributed by atoms with Crippen LogP contribution >= 0.6 is 11.3 Å². The maximum absolute atomic E-state index is 12.5.